The van der Waals surface area contributed by atoms with Gasteiger partial charge in [0, 0.05) is 11.1 Å². The van der Waals surface area contributed by atoms with Gasteiger partial charge in [-0.3, -0.25) is 9.59 Å². The molecule has 2 aromatic carbocycles. The minimum Gasteiger partial charge on any atom is -0.497 e. The maximum absolute atomic E-state index is 14.9. The number of halogens is 2. The number of hydrogen-bond donors (Lipinski definition) is 0. The fourth-order valence-electron chi connectivity index (χ4n) is 3.53. The van der Waals surface area contributed by atoms with Gasteiger partial charge in [0.25, 0.3) is 0 Å². The Labute approximate surface area is 199 Å². The molecule has 0 heterocycles. The summed E-state index contributed by atoms with van der Waals surface area (Å²) in [7, 11) is 2.86. The van der Waals surface area contributed by atoms with Gasteiger partial charge in [-0.15, -0.1) is 0 Å². The smallest absolute Gasteiger partial charge is 0.309 e. The maximum Gasteiger partial charge on any atom is 0.309 e. The normalized spacial score (nSPS) is 13.2. The Kier molecular flexibility index (Phi) is 9.01. The molecule has 2 aromatic rings. The van der Waals surface area contributed by atoms with Gasteiger partial charge in [-0.1, -0.05) is 6.92 Å². The summed E-state index contributed by atoms with van der Waals surface area (Å²) in [6.45, 7) is 8.26. The number of hydrogen-bond acceptors (Lipinski definition) is 6. The molecule has 8 heteroatoms. The monoisotopic (exact) mass is 478 g/mol. The van der Waals surface area contributed by atoms with Crippen molar-refractivity contribution in [2.75, 3.05) is 14.2 Å². The first-order valence-corrected chi connectivity index (χ1v) is 11.0. The molecule has 0 aromatic heterocycles. The van der Waals surface area contributed by atoms with Crippen LogP contribution in [0, 0.1) is 17.6 Å². The molecule has 0 fully saturated rings. The third-order valence-electron chi connectivity index (χ3n) is 5.14. The molecule has 186 valence electrons. The van der Waals surface area contributed by atoms with E-state index in [-0.39, 0.29) is 17.5 Å². The van der Waals surface area contributed by atoms with Crippen molar-refractivity contribution < 1.29 is 37.3 Å². The number of ether oxygens (including phenoxy) is 4. The standard InChI is InChI=1S/C26H32F2O6/c1-15(12-23(29)34-26(3,4)5)25(30)33-16(2)24(19-13-17(31-6)8-10-21(19)27)20-14-18(32-7)9-11-22(20)28/h8-11,13-16,24H,12H2,1-7H3/t15-,16+/m1/s1. The molecule has 0 saturated heterocycles. The van der Waals surface area contributed by atoms with Gasteiger partial charge >= 0.3 is 11.9 Å². The molecule has 0 radical (unpaired) electrons. The molecule has 0 aliphatic rings. The summed E-state index contributed by atoms with van der Waals surface area (Å²) >= 11 is 0. The Morgan fingerprint density at radius 3 is 1.76 bits per heavy atom. The van der Waals surface area contributed by atoms with Crippen LogP contribution in [-0.4, -0.2) is 37.9 Å². The van der Waals surface area contributed by atoms with Gasteiger partial charge in [-0.2, -0.15) is 0 Å². The number of methoxy groups -OCH3 is 2. The quantitative estimate of drug-likeness (QED) is 0.449. The molecule has 0 N–H and O–H groups in total. The van der Waals surface area contributed by atoms with Crippen molar-refractivity contribution in [2.24, 2.45) is 5.92 Å². The lowest BCUT2D eigenvalue weighted by molar-refractivity contribution is -0.163. The van der Waals surface area contributed by atoms with E-state index in [4.69, 9.17) is 18.9 Å². The van der Waals surface area contributed by atoms with Crippen molar-refractivity contribution >= 4 is 11.9 Å². The Hall–Kier alpha value is -3.16. The summed E-state index contributed by atoms with van der Waals surface area (Å²) in [5, 5.41) is 0. The number of carbonyl (C=O) groups is 2. The van der Waals surface area contributed by atoms with E-state index in [9.17, 15) is 18.4 Å². The van der Waals surface area contributed by atoms with Crippen LogP contribution in [0.2, 0.25) is 0 Å². The highest BCUT2D eigenvalue weighted by Gasteiger charge is 2.32. The first-order chi connectivity index (χ1) is 15.9. The van der Waals surface area contributed by atoms with Crippen LogP contribution in [0.1, 0.15) is 58.1 Å². The van der Waals surface area contributed by atoms with Crippen LogP contribution in [-0.2, 0) is 19.1 Å². The van der Waals surface area contributed by atoms with E-state index >= 15 is 0 Å². The van der Waals surface area contributed by atoms with Crippen molar-refractivity contribution in [1.82, 2.24) is 0 Å². The van der Waals surface area contributed by atoms with E-state index in [2.05, 4.69) is 0 Å². The van der Waals surface area contributed by atoms with E-state index in [0.29, 0.717) is 11.5 Å². The maximum atomic E-state index is 14.9. The average Bonchev–Trinajstić information content (AvgIpc) is 2.74. The first-order valence-electron chi connectivity index (χ1n) is 11.0. The van der Waals surface area contributed by atoms with Crippen molar-refractivity contribution in [1.29, 1.82) is 0 Å². The Bertz CT molecular complexity index is 961. The molecular formula is C26H32F2O6. The van der Waals surface area contributed by atoms with Crippen LogP contribution in [0.5, 0.6) is 11.5 Å². The second kappa shape index (κ2) is 11.3. The molecule has 6 nitrogen and oxygen atoms in total. The van der Waals surface area contributed by atoms with E-state index < -0.39 is 47.1 Å². The molecule has 0 spiro atoms. The summed E-state index contributed by atoms with van der Waals surface area (Å²) in [6.07, 6.45) is -1.18. The molecule has 0 aliphatic carbocycles. The lowest BCUT2D eigenvalue weighted by Crippen LogP contribution is -2.30. The predicted molar refractivity (Wildman–Crippen MR) is 123 cm³/mol. The van der Waals surface area contributed by atoms with E-state index in [1.807, 2.05) is 0 Å². The van der Waals surface area contributed by atoms with E-state index in [0.717, 1.165) is 0 Å². The van der Waals surface area contributed by atoms with Gasteiger partial charge in [0.05, 0.1) is 32.5 Å². The Morgan fingerprint density at radius 2 is 1.35 bits per heavy atom. The van der Waals surface area contributed by atoms with Crippen LogP contribution in [0.25, 0.3) is 0 Å². The zero-order valence-electron chi connectivity index (χ0n) is 20.6. The highest BCUT2D eigenvalue weighted by molar-refractivity contribution is 5.80. The molecule has 0 saturated carbocycles. The van der Waals surface area contributed by atoms with E-state index in [1.165, 1.54) is 57.5 Å². The summed E-state index contributed by atoms with van der Waals surface area (Å²) in [5.41, 5.74) is -0.509. The molecule has 0 aliphatic heterocycles. The second-order valence-corrected chi connectivity index (χ2v) is 9.09. The molecule has 0 amide bonds. The number of esters is 2. The van der Waals surface area contributed by atoms with Crippen LogP contribution >= 0.6 is 0 Å². The molecule has 0 bridgehead atoms. The molecule has 2 rings (SSSR count). The zero-order chi connectivity index (χ0) is 25.6. The largest absolute Gasteiger partial charge is 0.497 e. The van der Waals surface area contributed by atoms with Crippen LogP contribution in [0.3, 0.4) is 0 Å². The summed E-state index contributed by atoms with van der Waals surface area (Å²) in [6, 6.07) is 8.17. The fraction of sp³-hybridized carbons (Fsp3) is 0.462. The minimum atomic E-state index is -1.01. The fourth-order valence-corrected chi connectivity index (χ4v) is 3.53. The number of carbonyl (C=O) groups excluding carboxylic acids is 2. The average molecular weight is 479 g/mol. The number of rotatable bonds is 9. The highest BCUT2D eigenvalue weighted by Crippen LogP contribution is 2.37. The minimum absolute atomic E-state index is 0.0894. The van der Waals surface area contributed by atoms with Gasteiger partial charge in [-0.25, -0.2) is 8.78 Å². The van der Waals surface area contributed by atoms with Crippen LogP contribution < -0.4 is 9.47 Å². The van der Waals surface area contributed by atoms with E-state index in [1.54, 1.807) is 27.7 Å². The summed E-state index contributed by atoms with van der Waals surface area (Å²) < 4.78 is 51.1. The molecule has 0 unspecified atom stereocenters. The van der Waals surface area contributed by atoms with Crippen LogP contribution in [0.15, 0.2) is 36.4 Å². The van der Waals surface area contributed by atoms with Gasteiger partial charge < -0.3 is 18.9 Å². The van der Waals surface area contributed by atoms with Crippen molar-refractivity contribution in [3.63, 3.8) is 0 Å². The van der Waals surface area contributed by atoms with Gasteiger partial charge in [0.15, 0.2) is 0 Å². The van der Waals surface area contributed by atoms with Crippen molar-refractivity contribution in [3.8, 4) is 11.5 Å². The van der Waals surface area contributed by atoms with Gasteiger partial charge in [0.1, 0.15) is 34.8 Å². The van der Waals surface area contributed by atoms with Crippen molar-refractivity contribution in [2.45, 2.75) is 58.7 Å². The van der Waals surface area contributed by atoms with Crippen LogP contribution in [0.4, 0.5) is 8.78 Å². The highest BCUT2D eigenvalue weighted by atomic mass is 19.1. The van der Waals surface area contributed by atoms with Gasteiger partial charge in [0.2, 0.25) is 0 Å². The first kappa shape index (κ1) is 27.1. The Morgan fingerprint density at radius 1 is 0.882 bits per heavy atom. The zero-order valence-corrected chi connectivity index (χ0v) is 20.6. The third-order valence-corrected chi connectivity index (χ3v) is 5.14. The lowest BCUT2D eigenvalue weighted by atomic mass is 9.86. The number of benzene rings is 2. The topological polar surface area (TPSA) is 71.1 Å². The summed E-state index contributed by atoms with van der Waals surface area (Å²) in [5.74, 6) is -3.56. The predicted octanol–water partition coefficient (Wildman–Crippen LogP) is 5.41. The second-order valence-electron chi connectivity index (χ2n) is 9.09. The van der Waals surface area contributed by atoms with Gasteiger partial charge in [-0.05, 0) is 64.1 Å². The molecule has 34 heavy (non-hydrogen) atoms. The lowest BCUT2D eigenvalue weighted by Gasteiger charge is -2.27. The Balaban J connectivity index is 2.38. The SMILES string of the molecule is COc1ccc(F)c(C(c2cc(OC)ccc2F)[C@H](C)OC(=O)[C@H](C)CC(=O)OC(C)(C)C)c1. The molecule has 2 atom stereocenters. The molecular weight excluding hydrogens is 446 g/mol. The third kappa shape index (κ3) is 7.17. The van der Waals surface area contributed by atoms with Crippen molar-refractivity contribution in [3.05, 3.63) is 59.2 Å². The summed E-state index contributed by atoms with van der Waals surface area (Å²) in [4.78, 5) is 24.9.